The minimum Gasteiger partial charge on any atom is -0.481 e. The molecule has 0 radical (unpaired) electrons. The maximum absolute atomic E-state index is 12.4. The first-order valence-corrected chi connectivity index (χ1v) is 8.96. The molecule has 0 fully saturated rings. The zero-order valence-electron chi connectivity index (χ0n) is 14.4. The highest BCUT2D eigenvalue weighted by Crippen LogP contribution is 2.24. The quantitative estimate of drug-likeness (QED) is 0.715. The third kappa shape index (κ3) is 4.45. The van der Waals surface area contributed by atoms with Crippen LogP contribution in [0.25, 0.3) is 11.3 Å². The van der Waals surface area contributed by atoms with Crippen LogP contribution < -0.4 is 10.1 Å². The average molecular weight is 352 g/mol. The van der Waals surface area contributed by atoms with E-state index in [1.54, 1.807) is 18.3 Å². The number of carbonyl (C=O) groups excluding carboxylic acids is 1. The lowest BCUT2D eigenvalue weighted by molar-refractivity contribution is -0.122. The molecule has 128 valence electrons. The maximum Gasteiger partial charge on any atom is 0.265 e. The summed E-state index contributed by atoms with van der Waals surface area (Å²) >= 11 is 1.61. The summed E-state index contributed by atoms with van der Waals surface area (Å²) < 4.78 is 5.72. The van der Waals surface area contributed by atoms with E-state index in [1.807, 2.05) is 67.8 Å². The highest BCUT2D eigenvalue weighted by molar-refractivity contribution is 7.09. The average Bonchev–Trinajstić information content (AvgIpc) is 3.01. The summed E-state index contributed by atoms with van der Waals surface area (Å²) in [6.45, 7) is 5.71. The van der Waals surface area contributed by atoms with Gasteiger partial charge in [-0.2, -0.15) is 0 Å². The van der Waals surface area contributed by atoms with Crippen LogP contribution in [0.2, 0.25) is 0 Å². The van der Waals surface area contributed by atoms with E-state index in [0.29, 0.717) is 5.75 Å². The van der Waals surface area contributed by atoms with Crippen LogP contribution in [-0.4, -0.2) is 17.0 Å². The van der Waals surface area contributed by atoms with Gasteiger partial charge in [-0.1, -0.05) is 24.3 Å². The highest BCUT2D eigenvalue weighted by atomic mass is 32.1. The molecule has 0 saturated heterocycles. The number of nitrogens with one attached hydrogen (secondary N) is 1. The molecule has 1 N–H and O–H groups in total. The minimum atomic E-state index is -0.591. The van der Waals surface area contributed by atoms with Crippen molar-refractivity contribution in [3.05, 3.63) is 64.5 Å². The number of amides is 1. The van der Waals surface area contributed by atoms with Crippen LogP contribution in [0, 0.1) is 13.8 Å². The van der Waals surface area contributed by atoms with Crippen molar-refractivity contribution in [3.63, 3.8) is 0 Å². The molecule has 0 saturated carbocycles. The van der Waals surface area contributed by atoms with Crippen LogP contribution in [0.1, 0.15) is 17.5 Å². The summed E-state index contributed by atoms with van der Waals surface area (Å²) in [5, 5.41) is 5.94. The molecule has 1 aromatic heterocycles. The number of thiazole rings is 1. The molecular weight excluding hydrogens is 332 g/mol. The molecule has 0 aliphatic rings. The van der Waals surface area contributed by atoms with E-state index in [2.05, 4.69) is 10.3 Å². The Kier molecular flexibility index (Phi) is 5.14. The Morgan fingerprint density at radius 3 is 2.68 bits per heavy atom. The predicted molar refractivity (Wildman–Crippen MR) is 102 cm³/mol. The van der Waals surface area contributed by atoms with E-state index >= 15 is 0 Å². The Labute approximate surface area is 151 Å². The molecule has 0 spiro atoms. The van der Waals surface area contributed by atoms with Gasteiger partial charge in [0, 0.05) is 16.6 Å². The van der Waals surface area contributed by atoms with Gasteiger partial charge in [0.05, 0.1) is 10.7 Å². The smallest absolute Gasteiger partial charge is 0.265 e. The summed E-state index contributed by atoms with van der Waals surface area (Å²) in [6, 6.07) is 15.3. The molecule has 1 atom stereocenters. The van der Waals surface area contributed by atoms with E-state index in [4.69, 9.17) is 4.74 Å². The Morgan fingerprint density at radius 1 is 1.16 bits per heavy atom. The fraction of sp³-hybridized carbons (Fsp3) is 0.200. The normalized spacial score (nSPS) is 11.8. The van der Waals surface area contributed by atoms with Gasteiger partial charge in [0.1, 0.15) is 5.75 Å². The van der Waals surface area contributed by atoms with E-state index in [1.165, 1.54) is 0 Å². The number of ether oxygens (including phenoxy) is 1. The van der Waals surface area contributed by atoms with Crippen LogP contribution in [0.4, 0.5) is 5.69 Å². The van der Waals surface area contributed by atoms with Gasteiger partial charge in [-0.25, -0.2) is 4.98 Å². The van der Waals surface area contributed by atoms with Gasteiger partial charge < -0.3 is 10.1 Å². The summed E-state index contributed by atoms with van der Waals surface area (Å²) in [5.41, 5.74) is 3.72. The zero-order valence-corrected chi connectivity index (χ0v) is 15.3. The van der Waals surface area contributed by atoms with Crippen LogP contribution in [0.5, 0.6) is 5.75 Å². The molecule has 1 amide bonds. The molecule has 0 aliphatic carbocycles. The number of aromatic nitrogens is 1. The fourth-order valence-electron chi connectivity index (χ4n) is 2.44. The monoisotopic (exact) mass is 352 g/mol. The lowest BCUT2D eigenvalue weighted by atomic mass is 10.1. The van der Waals surface area contributed by atoms with Gasteiger partial charge in [-0.05, 0) is 50.6 Å². The lowest BCUT2D eigenvalue weighted by Crippen LogP contribution is -2.30. The van der Waals surface area contributed by atoms with Crippen molar-refractivity contribution in [1.29, 1.82) is 0 Å². The van der Waals surface area contributed by atoms with Crippen molar-refractivity contribution in [3.8, 4) is 17.0 Å². The molecule has 2 aromatic carbocycles. The van der Waals surface area contributed by atoms with Crippen molar-refractivity contribution >= 4 is 22.9 Å². The molecule has 0 aliphatic heterocycles. The van der Waals surface area contributed by atoms with Gasteiger partial charge in [-0.3, -0.25) is 4.79 Å². The van der Waals surface area contributed by atoms with Gasteiger partial charge in [0.15, 0.2) is 6.10 Å². The molecule has 1 heterocycles. The standard InChI is InChI=1S/C20H20N2O2S/c1-13-6-4-9-18(10-13)24-14(2)20(23)22-17-8-5-7-16(11-17)19-12-25-15(3)21-19/h4-12,14H,1-3H3,(H,22,23)/t14-/m1/s1. The summed E-state index contributed by atoms with van der Waals surface area (Å²) in [5.74, 6) is 0.502. The number of rotatable bonds is 5. The molecule has 5 heteroatoms. The Bertz CT molecular complexity index is 889. The molecule has 3 rings (SSSR count). The second-order valence-corrected chi connectivity index (χ2v) is 6.96. The van der Waals surface area contributed by atoms with E-state index in [0.717, 1.165) is 27.5 Å². The first-order valence-electron chi connectivity index (χ1n) is 8.08. The molecule has 0 unspecified atom stereocenters. The van der Waals surface area contributed by atoms with Crippen molar-refractivity contribution in [2.45, 2.75) is 26.9 Å². The molecule has 4 nitrogen and oxygen atoms in total. The predicted octanol–water partition coefficient (Wildman–Crippen LogP) is 4.83. The number of carbonyl (C=O) groups is 1. The van der Waals surface area contributed by atoms with Crippen molar-refractivity contribution in [2.24, 2.45) is 0 Å². The summed E-state index contributed by atoms with van der Waals surface area (Å²) in [4.78, 5) is 16.9. The first-order chi connectivity index (χ1) is 12.0. The molecule has 3 aromatic rings. The van der Waals surface area contributed by atoms with Crippen molar-refractivity contribution in [2.75, 3.05) is 5.32 Å². The third-order valence-corrected chi connectivity index (χ3v) is 4.49. The van der Waals surface area contributed by atoms with Crippen molar-refractivity contribution in [1.82, 2.24) is 4.98 Å². The van der Waals surface area contributed by atoms with Crippen LogP contribution >= 0.6 is 11.3 Å². The van der Waals surface area contributed by atoms with Gasteiger partial charge in [-0.15, -0.1) is 11.3 Å². The van der Waals surface area contributed by atoms with Gasteiger partial charge in [0.2, 0.25) is 0 Å². The number of anilines is 1. The van der Waals surface area contributed by atoms with Crippen LogP contribution in [0.15, 0.2) is 53.9 Å². The highest BCUT2D eigenvalue weighted by Gasteiger charge is 2.15. The number of benzene rings is 2. The topological polar surface area (TPSA) is 51.2 Å². The SMILES string of the molecule is Cc1cccc(O[C@H](C)C(=O)Nc2cccc(-c3csc(C)n3)c2)c1. The first kappa shape index (κ1) is 17.2. The van der Waals surface area contributed by atoms with Crippen molar-refractivity contribution < 1.29 is 9.53 Å². The second kappa shape index (κ2) is 7.49. The minimum absolute atomic E-state index is 0.187. The lowest BCUT2D eigenvalue weighted by Gasteiger charge is -2.15. The number of nitrogens with zero attached hydrogens (tertiary/aromatic N) is 1. The van der Waals surface area contributed by atoms with Gasteiger partial charge in [0.25, 0.3) is 5.91 Å². The Hall–Kier alpha value is -2.66. The third-order valence-electron chi connectivity index (χ3n) is 3.72. The number of hydrogen-bond donors (Lipinski definition) is 1. The van der Waals surface area contributed by atoms with Gasteiger partial charge >= 0.3 is 0 Å². The van der Waals surface area contributed by atoms with E-state index in [-0.39, 0.29) is 5.91 Å². The number of hydrogen-bond acceptors (Lipinski definition) is 4. The Morgan fingerprint density at radius 2 is 1.96 bits per heavy atom. The summed E-state index contributed by atoms with van der Waals surface area (Å²) in [7, 11) is 0. The fourth-order valence-corrected chi connectivity index (χ4v) is 3.06. The number of aryl methyl sites for hydroxylation is 2. The molecule has 0 bridgehead atoms. The molecular formula is C20H20N2O2S. The van der Waals surface area contributed by atoms with E-state index < -0.39 is 6.10 Å². The van der Waals surface area contributed by atoms with E-state index in [9.17, 15) is 4.79 Å². The van der Waals surface area contributed by atoms with Crippen LogP contribution in [-0.2, 0) is 4.79 Å². The summed E-state index contributed by atoms with van der Waals surface area (Å²) in [6.07, 6.45) is -0.591. The van der Waals surface area contributed by atoms with Crippen LogP contribution in [0.3, 0.4) is 0 Å². The second-order valence-electron chi connectivity index (χ2n) is 5.90. The zero-order chi connectivity index (χ0) is 17.8. The maximum atomic E-state index is 12.4. The Balaban J connectivity index is 1.68. The largest absolute Gasteiger partial charge is 0.481 e. The molecule has 25 heavy (non-hydrogen) atoms.